The minimum atomic E-state index is 0.325. The molecule has 129 valence electrons. The monoisotopic (exact) mass is 321 g/mol. The Kier molecular flexibility index (Phi) is 8.26. The van der Waals surface area contributed by atoms with Crippen molar-refractivity contribution in [3.63, 3.8) is 0 Å². The summed E-state index contributed by atoms with van der Waals surface area (Å²) >= 11 is 0. The number of hydrogen-bond acceptors (Lipinski definition) is 4. The van der Waals surface area contributed by atoms with Gasteiger partial charge in [-0.3, -0.25) is 0 Å². The van der Waals surface area contributed by atoms with Gasteiger partial charge >= 0.3 is 0 Å². The molecule has 2 rings (SSSR count). The molecule has 0 bridgehead atoms. The van der Waals surface area contributed by atoms with Crippen LogP contribution in [0.3, 0.4) is 0 Å². The average Bonchev–Trinajstić information content (AvgIpc) is 3.01. The van der Waals surface area contributed by atoms with Crippen LogP contribution in [-0.2, 0) is 15.9 Å². The maximum absolute atomic E-state index is 5.62. The third kappa shape index (κ3) is 6.04. The van der Waals surface area contributed by atoms with Gasteiger partial charge in [0.05, 0.1) is 13.2 Å². The van der Waals surface area contributed by atoms with Gasteiger partial charge in [0.25, 0.3) is 0 Å². The van der Waals surface area contributed by atoms with E-state index in [-0.39, 0.29) is 0 Å². The molecule has 1 heterocycles. The summed E-state index contributed by atoms with van der Waals surface area (Å²) in [5, 5.41) is 0. The highest BCUT2D eigenvalue weighted by Gasteiger charge is 2.16. The Labute approximate surface area is 140 Å². The van der Waals surface area contributed by atoms with E-state index in [1.807, 2.05) is 0 Å². The van der Waals surface area contributed by atoms with E-state index in [2.05, 4.69) is 32.4 Å². The Morgan fingerprint density at radius 3 is 2.43 bits per heavy atom. The summed E-state index contributed by atoms with van der Waals surface area (Å²) in [5.74, 6) is 1.72. The average molecular weight is 321 g/mol. The maximum Gasteiger partial charge on any atom is 0.231 e. The Morgan fingerprint density at radius 2 is 1.70 bits per heavy atom. The van der Waals surface area contributed by atoms with E-state index < -0.39 is 0 Å². The summed E-state index contributed by atoms with van der Waals surface area (Å²) in [7, 11) is 0. The molecule has 23 heavy (non-hydrogen) atoms. The van der Waals surface area contributed by atoms with Crippen molar-refractivity contribution in [2.45, 2.75) is 46.0 Å². The van der Waals surface area contributed by atoms with Crippen LogP contribution in [0.15, 0.2) is 12.1 Å². The summed E-state index contributed by atoms with van der Waals surface area (Å²) in [6.45, 7) is 7.59. The number of fused-ring (bicyclic) bond motifs is 1. The van der Waals surface area contributed by atoms with E-state index in [9.17, 15) is 0 Å². The van der Waals surface area contributed by atoms with E-state index in [0.717, 1.165) is 50.4 Å². The van der Waals surface area contributed by atoms with Crippen LogP contribution in [0, 0.1) is 6.42 Å². The maximum atomic E-state index is 5.62. The molecule has 1 aromatic rings. The van der Waals surface area contributed by atoms with E-state index in [1.54, 1.807) is 0 Å². The van der Waals surface area contributed by atoms with Gasteiger partial charge in [0, 0.05) is 13.2 Å². The predicted molar refractivity (Wildman–Crippen MR) is 91.1 cm³/mol. The van der Waals surface area contributed by atoms with Crippen LogP contribution >= 0.6 is 0 Å². The SMILES string of the molecule is CCCCOCCOCC[CH]c1cc2c(cc1CCC)OCO2. The first-order chi connectivity index (χ1) is 11.3. The molecule has 0 saturated heterocycles. The fourth-order valence-electron chi connectivity index (χ4n) is 2.54. The molecule has 1 radical (unpaired) electrons. The molecular formula is C19H29O4. The molecule has 0 atom stereocenters. The topological polar surface area (TPSA) is 36.9 Å². The first kappa shape index (κ1) is 18.1. The Balaban J connectivity index is 1.68. The highest BCUT2D eigenvalue weighted by Crippen LogP contribution is 2.36. The van der Waals surface area contributed by atoms with Gasteiger partial charge in [-0.15, -0.1) is 0 Å². The van der Waals surface area contributed by atoms with Crippen LogP contribution in [0.5, 0.6) is 11.5 Å². The number of aryl methyl sites for hydroxylation is 1. The molecule has 1 aliphatic heterocycles. The van der Waals surface area contributed by atoms with Gasteiger partial charge in [-0.25, -0.2) is 0 Å². The molecule has 0 fully saturated rings. The van der Waals surface area contributed by atoms with Gasteiger partial charge in [-0.1, -0.05) is 26.7 Å². The van der Waals surface area contributed by atoms with Crippen molar-refractivity contribution in [2.24, 2.45) is 0 Å². The third-order valence-corrected chi connectivity index (χ3v) is 3.79. The van der Waals surface area contributed by atoms with Gasteiger partial charge in [0.2, 0.25) is 6.79 Å². The van der Waals surface area contributed by atoms with E-state index in [1.165, 1.54) is 17.5 Å². The zero-order valence-corrected chi connectivity index (χ0v) is 14.4. The molecule has 0 spiro atoms. The molecule has 0 aliphatic carbocycles. The van der Waals surface area contributed by atoms with Gasteiger partial charge < -0.3 is 18.9 Å². The van der Waals surface area contributed by atoms with Crippen molar-refractivity contribution in [3.05, 3.63) is 29.7 Å². The van der Waals surface area contributed by atoms with Gasteiger partial charge in [0.15, 0.2) is 11.5 Å². The molecule has 0 unspecified atom stereocenters. The quantitative estimate of drug-likeness (QED) is 0.542. The molecule has 0 N–H and O–H groups in total. The van der Waals surface area contributed by atoms with Crippen LogP contribution in [-0.4, -0.2) is 33.2 Å². The largest absolute Gasteiger partial charge is 0.454 e. The molecule has 4 heteroatoms. The summed E-state index contributed by atoms with van der Waals surface area (Å²) in [5.41, 5.74) is 2.55. The summed E-state index contributed by atoms with van der Waals surface area (Å²) in [6.07, 6.45) is 7.58. The van der Waals surface area contributed by atoms with Crippen LogP contribution in [0.2, 0.25) is 0 Å². The molecule has 0 amide bonds. The van der Waals surface area contributed by atoms with Crippen molar-refractivity contribution in [3.8, 4) is 11.5 Å². The molecular weight excluding hydrogens is 292 g/mol. The fourth-order valence-corrected chi connectivity index (χ4v) is 2.54. The predicted octanol–water partition coefficient (Wildman–Crippen LogP) is 4.14. The summed E-state index contributed by atoms with van der Waals surface area (Å²) in [6, 6.07) is 4.20. The lowest BCUT2D eigenvalue weighted by Gasteiger charge is -2.10. The first-order valence-electron chi connectivity index (χ1n) is 8.76. The Morgan fingerprint density at radius 1 is 0.957 bits per heavy atom. The highest BCUT2D eigenvalue weighted by atomic mass is 16.7. The third-order valence-electron chi connectivity index (χ3n) is 3.79. The zero-order chi connectivity index (χ0) is 16.3. The fraction of sp³-hybridized carbons (Fsp3) is 0.632. The Hall–Kier alpha value is -1.26. The van der Waals surface area contributed by atoms with Crippen molar-refractivity contribution in [1.82, 2.24) is 0 Å². The second-order valence-electron chi connectivity index (χ2n) is 5.73. The van der Waals surface area contributed by atoms with Crippen molar-refractivity contribution in [1.29, 1.82) is 0 Å². The van der Waals surface area contributed by atoms with Crippen LogP contribution < -0.4 is 9.47 Å². The number of hydrogen-bond donors (Lipinski definition) is 0. The minimum Gasteiger partial charge on any atom is -0.454 e. The Bertz CT molecular complexity index is 459. The molecule has 1 aromatic carbocycles. The number of ether oxygens (including phenoxy) is 4. The van der Waals surface area contributed by atoms with E-state index in [0.29, 0.717) is 20.0 Å². The lowest BCUT2D eigenvalue weighted by molar-refractivity contribution is 0.0478. The number of unbranched alkanes of at least 4 members (excludes halogenated alkanes) is 1. The molecule has 1 aliphatic rings. The number of benzene rings is 1. The standard InChI is InChI=1S/C19H29O4/c1-3-5-9-20-11-12-21-10-6-8-17-14-19-18(22-15-23-19)13-16(17)7-4-2/h8,13-14H,3-7,9-12,15H2,1-2H3. The highest BCUT2D eigenvalue weighted by molar-refractivity contribution is 5.50. The second-order valence-corrected chi connectivity index (χ2v) is 5.73. The lowest BCUT2D eigenvalue weighted by atomic mass is 9.98. The van der Waals surface area contributed by atoms with Gasteiger partial charge in [-0.2, -0.15) is 0 Å². The number of rotatable bonds is 12. The van der Waals surface area contributed by atoms with Crippen LogP contribution in [0.25, 0.3) is 0 Å². The van der Waals surface area contributed by atoms with Crippen LogP contribution in [0.1, 0.15) is 50.7 Å². The van der Waals surface area contributed by atoms with Crippen molar-refractivity contribution < 1.29 is 18.9 Å². The summed E-state index contributed by atoms with van der Waals surface area (Å²) < 4.78 is 22.0. The lowest BCUT2D eigenvalue weighted by Crippen LogP contribution is -2.06. The smallest absolute Gasteiger partial charge is 0.231 e. The summed E-state index contributed by atoms with van der Waals surface area (Å²) in [4.78, 5) is 0. The van der Waals surface area contributed by atoms with Gasteiger partial charge in [-0.05, 0) is 48.9 Å². The normalized spacial score (nSPS) is 12.8. The first-order valence-corrected chi connectivity index (χ1v) is 8.76. The minimum absolute atomic E-state index is 0.325. The van der Waals surface area contributed by atoms with Crippen LogP contribution in [0.4, 0.5) is 0 Å². The van der Waals surface area contributed by atoms with Crippen molar-refractivity contribution in [2.75, 3.05) is 33.2 Å². The molecule has 4 nitrogen and oxygen atoms in total. The van der Waals surface area contributed by atoms with Gasteiger partial charge in [0.1, 0.15) is 0 Å². The zero-order valence-electron chi connectivity index (χ0n) is 14.4. The molecule has 0 saturated carbocycles. The van der Waals surface area contributed by atoms with Crippen molar-refractivity contribution >= 4 is 0 Å². The van der Waals surface area contributed by atoms with E-state index >= 15 is 0 Å². The second kappa shape index (κ2) is 10.5. The van der Waals surface area contributed by atoms with E-state index in [4.69, 9.17) is 18.9 Å². The molecule has 0 aromatic heterocycles.